The fraction of sp³-hybridized carbons (Fsp3) is 0.438. The van der Waals surface area contributed by atoms with Crippen molar-refractivity contribution < 1.29 is 9.47 Å². The monoisotopic (exact) mass is 542 g/mol. The molecule has 0 saturated carbocycles. The smallest absolute Gasteiger partial charge is 0.227 e. The van der Waals surface area contributed by atoms with E-state index in [0.29, 0.717) is 25.6 Å². The number of allylic oxidation sites excluding steroid dienone is 2. The molecule has 1 saturated heterocycles. The molecule has 0 spiro atoms. The minimum atomic E-state index is 0.568. The quantitative estimate of drug-likeness (QED) is 0.568. The van der Waals surface area contributed by atoms with E-state index in [1.54, 1.807) is 0 Å². The molecular formula is C32H42N6O2. The van der Waals surface area contributed by atoms with Gasteiger partial charge >= 0.3 is 0 Å². The fourth-order valence-corrected chi connectivity index (χ4v) is 5.02. The van der Waals surface area contributed by atoms with Crippen LogP contribution in [0.15, 0.2) is 76.9 Å². The lowest BCUT2D eigenvalue weighted by molar-refractivity contribution is 0.133. The van der Waals surface area contributed by atoms with Gasteiger partial charge in [-0.15, -0.1) is 0 Å². The van der Waals surface area contributed by atoms with Gasteiger partial charge in [-0.25, -0.2) is 9.98 Å². The molecule has 8 heteroatoms. The van der Waals surface area contributed by atoms with Crippen molar-refractivity contribution in [3.8, 4) is 11.5 Å². The number of hydrogen-bond acceptors (Lipinski definition) is 8. The van der Waals surface area contributed by atoms with Crippen LogP contribution in [0.4, 0.5) is 5.69 Å². The number of piperazine rings is 1. The van der Waals surface area contributed by atoms with Gasteiger partial charge in [-0.05, 0) is 57.3 Å². The number of benzene rings is 2. The first-order chi connectivity index (χ1) is 19.6. The first-order valence-corrected chi connectivity index (χ1v) is 14.4. The van der Waals surface area contributed by atoms with E-state index in [9.17, 15) is 0 Å². The van der Waals surface area contributed by atoms with Gasteiger partial charge in [0.25, 0.3) is 0 Å². The van der Waals surface area contributed by atoms with Gasteiger partial charge in [-0.2, -0.15) is 0 Å². The molecule has 2 aromatic rings. The van der Waals surface area contributed by atoms with Crippen LogP contribution in [-0.4, -0.2) is 92.9 Å². The van der Waals surface area contributed by atoms with E-state index >= 15 is 0 Å². The lowest BCUT2D eigenvalue weighted by atomic mass is 10.1. The summed E-state index contributed by atoms with van der Waals surface area (Å²) in [5, 5.41) is 3.45. The summed E-state index contributed by atoms with van der Waals surface area (Å²) < 4.78 is 12.4. The second kappa shape index (κ2) is 14.3. The summed E-state index contributed by atoms with van der Waals surface area (Å²) in [6, 6.07) is 14.5. The second-order valence-electron chi connectivity index (χ2n) is 10.7. The van der Waals surface area contributed by atoms with Crippen LogP contribution in [0.2, 0.25) is 0 Å². The number of nitrogens with zero attached hydrogens (tertiary/aromatic N) is 5. The van der Waals surface area contributed by atoms with Crippen molar-refractivity contribution in [3.05, 3.63) is 78.0 Å². The molecule has 2 aromatic carbocycles. The zero-order valence-electron chi connectivity index (χ0n) is 23.9. The Labute approximate surface area is 238 Å². The summed E-state index contributed by atoms with van der Waals surface area (Å²) in [5.74, 6) is 2.37. The first kappa shape index (κ1) is 28.1. The number of hydrogen-bond donors (Lipinski definition) is 1. The van der Waals surface area contributed by atoms with E-state index in [4.69, 9.17) is 14.5 Å². The predicted octanol–water partition coefficient (Wildman–Crippen LogP) is 4.65. The fourth-order valence-electron chi connectivity index (χ4n) is 5.02. The largest absolute Gasteiger partial charge is 0.494 e. The van der Waals surface area contributed by atoms with E-state index in [0.717, 1.165) is 92.7 Å². The van der Waals surface area contributed by atoms with Crippen LogP contribution in [0.5, 0.6) is 11.5 Å². The van der Waals surface area contributed by atoms with Gasteiger partial charge in [0, 0.05) is 75.2 Å². The van der Waals surface area contributed by atoms with E-state index in [1.165, 1.54) is 0 Å². The average molecular weight is 543 g/mol. The Bertz CT molecular complexity index is 1250. The molecule has 0 aromatic heterocycles. The van der Waals surface area contributed by atoms with Crippen LogP contribution in [-0.2, 0) is 6.54 Å². The molecule has 0 unspecified atom stereocenters. The number of nitrogens with one attached hydrogen (secondary N) is 1. The van der Waals surface area contributed by atoms with Crippen LogP contribution in [0.1, 0.15) is 30.4 Å². The van der Waals surface area contributed by atoms with Crippen molar-refractivity contribution in [1.82, 2.24) is 14.7 Å². The third-order valence-corrected chi connectivity index (χ3v) is 7.41. The Hall–Kier alpha value is -3.46. The molecule has 0 atom stereocenters. The highest BCUT2D eigenvalue weighted by molar-refractivity contribution is 6.11. The van der Waals surface area contributed by atoms with Crippen LogP contribution in [0.3, 0.4) is 0 Å². The third kappa shape index (κ3) is 8.27. The molecule has 0 aliphatic carbocycles. The van der Waals surface area contributed by atoms with E-state index in [2.05, 4.69) is 81.6 Å². The Morgan fingerprint density at radius 2 is 1.88 bits per heavy atom. The van der Waals surface area contributed by atoms with Crippen LogP contribution in [0, 0.1) is 0 Å². The summed E-state index contributed by atoms with van der Waals surface area (Å²) >= 11 is 0. The topological polar surface area (TPSA) is 64.9 Å². The number of guanidine groups is 1. The number of fused-ring (bicyclic) bond motifs is 6. The molecule has 5 rings (SSSR count). The van der Waals surface area contributed by atoms with Crippen molar-refractivity contribution in [2.75, 3.05) is 71.9 Å². The van der Waals surface area contributed by atoms with E-state index < -0.39 is 0 Å². The Kier molecular flexibility index (Phi) is 10.0. The summed E-state index contributed by atoms with van der Waals surface area (Å²) in [4.78, 5) is 16.6. The van der Waals surface area contributed by atoms with Crippen molar-refractivity contribution in [2.45, 2.75) is 25.8 Å². The molecule has 1 N–H and O–H groups in total. The maximum Gasteiger partial charge on any atom is 0.227 e. The molecule has 0 amide bonds. The molecule has 212 valence electrons. The van der Waals surface area contributed by atoms with Gasteiger partial charge < -0.3 is 19.7 Å². The van der Waals surface area contributed by atoms with Gasteiger partial charge in [0.15, 0.2) is 0 Å². The Balaban J connectivity index is 1.36. The van der Waals surface area contributed by atoms with Gasteiger partial charge in [-0.1, -0.05) is 30.4 Å². The predicted molar refractivity (Wildman–Crippen MR) is 164 cm³/mol. The van der Waals surface area contributed by atoms with Gasteiger partial charge in [0.1, 0.15) is 18.1 Å². The van der Waals surface area contributed by atoms with Crippen molar-refractivity contribution in [2.24, 2.45) is 9.98 Å². The number of ether oxygens (including phenoxy) is 2. The van der Waals surface area contributed by atoms with Gasteiger partial charge in [0.05, 0.1) is 12.3 Å². The zero-order valence-corrected chi connectivity index (χ0v) is 23.9. The summed E-state index contributed by atoms with van der Waals surface area (Å²) in [6.45, 7) is 8.38. The maximum atomic E-state index is 6.36. The lowest BCUT2D eigenvalue weighted by Gasteiger charge is -2.32. The second-order valence-corrected chi connectivity index (χ2v) is 10.7. The standard InChI is InChI=1S/C32H42N6O2/c1-36-16-18-38(19-17-36)20-22-40-31-13-12-28-23-27(31)25-37(2)15-5-3-4-6-21-39-29-10-7-9-26(24-29)30-11-8-14-33-32(34-28)35-30/h3,5,7-10,12-14,23-24H,4,6,11,15-22,25H2,1-2H3,(H,33,34)/b5-3+. The third-order valence-electron chi connectivity index (χ3n) is 7.41. The highest BCUT2D eigenvalue weighted by atomic mass is 16.5. The van der Waals surface area contributed by atoms with Crippen LogP contribution >= 0.6 is 0 Å². The molecule has 8 nitrogen and oxygen atoms in total. The molecule has 1 fully saturated rings. The van der Waals surface area contributed by atoms with E-state index in [-0.39, 0.29) is 0 Å². The SMILES string of the molecule is CN1CCN(CCOc2ccc3cc2CN(C)C/C=C/CCCOc2cccc(c2)C2=NC(=NC=CC2)N3)CC1. The summed E-state index contributed by atoms with van der Waals surface area (Å²) in [6.07, 6.45) is 11.0. The van der Waals surface area contributed by atoms with Crippen molar-refractivity contribution in [1.29, 1.82) is 0 Å². The van der Waals surface area contributed by atoms with Gasteiger partial charge in [-0.3, -0.25) is 9.80 Å². The van der Waals surface area contributed by atoms with Gasteiger partial charge in [0.2, 0.25) is 5.96 Å². The number of likely N-dealkylation sites (N-methyl/N-ethyl adjacent to an activating group) is 2. The minimum Gasteiger partial charge on any atom is -0.494 e. The highest BCUT2D eigenvalue weighted by Gasteiger charge is 2.15. The minimum absolute atomic E-state index is 0.568. The number of rotatable bonds is 4. The molecule has 6 bridgehead atoms. The number of aliphatic imine (C=N–C) groups is 2. The molecule has 0 radical (unpaired) electrons. The molecule has 40 heavy (non-hydrogen) atoms. The highest BCUT2D eigenvalue weighted by Crippen LogP contribution is 2.25. The van der Waals surface area contributed by atoms with Crippen LogP contribution < -0.4 is 14.8 Å². The Morgan fingerprint density at radius 3 is 2.77 bits per heavy atom. The zero-order chi connectivity index (χ0) is 27.6. The van der Waals surface area contributed by atoms with Crippen molar-refractivity contribution in [3.63, 3.8) is 0 Å². The normalized spacial score (nSPS) is 20.4. The molecule has 3 aliphatic heterocycles. The Morgan fingerprint density at radius 1 is 0.975 bits per heavy atom. The van der Waals surface area contributed by atoms with E-state index in [1.807, 2.05) is 24.4 Å². The number of anilines is 1. The molecular weight excluding hydrogens is 500 g/mol. The first-order valence-electron chi connectivity index (χ1n) is 14.4. The average Bonchev–Trinajstić information content (AvgIpc) is 3.20. The molecule has 3 aliphatic rings. The molecule has 3 heterocycles. The maximum absolute atomic E-state index is 6.36. The lowest BCUT2D eigenvalue weighted by Crippen LogP contribution is -2.45. The summed E-state index contributed by atoms with van der Waals surface area (Å²) in [5.41, 5.74) is 4.09. The van der Waals surface area contributed by atoms with Crippen molar-refractivity contribution >= 4 is 17.4 Å². The summed E-state index contributed by atoms with van der Waals surface area (Å²) in [7, 11) is 4.33. The van der Waals surface area contributed by atoms with Crippen LogP contribution in [0.25, 0.3) is 0 Å².